The molecule has 0 saturated carbocycles. The third-order valence-electron chi connectivity index (χ3n) is 2.70. The Morgan fingerprint density at radius 2 is 2.17 bits per heavy atom. The average molecular weight is 269 g/mol. The fourth-order valence-corrected chi connectivity index (χ4v) is 2.02. The van der Waals surface area contributed by atoms with Gasteiger partial charge in [-0.1, -0.05) is 24.3 Å². The van der Waals surface area contributed by atoms with Crippen LogP contribution in [0.15, 0.2) is 36.6 Å². The van der Waals surface area contributed by atoms with Gasteiger partial charge in [0.15, 0.2) is 5.66 Å². The van der Waals surface area contributed by atoms with Gasteiger partial charge in [-0.05, 0) is 17.5 Å². The largest absolute Gasteiger partial charge is 0.465 e. The summed E-state index contributed by atoms with van der Waals surface area (Å²) in [7, 11) is 0. The third kappa shape index (κ3) is 2.57. The van der Waals surface area contributed by atoms with Gasteiger partial charge in [0.2, 0.25) is 0 Å². The number of carbonyl (C=O) groups is 1. The van der Waals surface area contributed by atoms with Gasteiger partial charge in [0, 0.05) is 12.0 Å². The van der Waals surface area contributed by atoms with E-state index in [9.17, 15) is 4.79 Å². The minimum atomic E-state index is -1.14. The van der Waals surface area contributed by atoms with Gasteiger partial charge in [-0.3, -0.25) is 5.32 Å². The van der Waals surface area contributed by atoms with Crippen LogP contribution in [0.1, 0.15) is 11.1 Å². The van der Waals surface area contributed by atoms with Crippen molar-refractivity contribution in [1.82, 2.24) is 10.8 Å². The van der Waals surface area contributed by atoms with Crippen LogP contribution >= 0.6 is 11.6 Å². The van der Waals surface area contributed by atoms with Gasteiger partial charge in [-0.15, -0.1) is 17.1 Å². The lowest BCUT2D eigenvalue weighted by Gasteiger charge is -2.26. The monoisotopic (exact) mass is 268 g/mol. The highest BCUT2D eigenvalue weighted by Gasteiger charge is 2.35. The summed E-state index contributed by atoms with van der Waals surface area (Å²) in [6.07, 6.45) is 2.66. The molecule has 0 bridgehead atoms. The first-order chi connectivity index (χ1) is 8.66. The predicted molar refractivity (Wildman–Crippen MR) is 67.1 cm³/mol. The predicted octanol–water partition coefficient (Wildman–Crippen LogP) is 1.94. The van der Waals surface area contributed by atoms with Crippen molar-refractivity contribution in [3.8, 4) is 0 Å². The first kappa shape index (κ1) is 12.7. The Morgan fingerprint density at radius 1 is 1.44 bits per heavy atom. The van der Waals surface area contributed by atoms with Crippen LogP contribution in [-0.4, -0.2) is 17.1 Å². The van der Waals surface area contributed by atoms with E-state index < -0.39 is 11.8 Å². The van der Waals surface area contributed by atoms with Crippen LogP contribution in [-0.2, 0) is 16.9 Å². The van der Waals surface area contributed by atoms with E-state index in [0.29, 0.717) is 5.88 Å². The molecule has 1 amide bonds. The van der Waals surface area contributed by atoms with E-state index in [2.05, 4.69) is 10.8 Å². The molecule has 1 aromatic carbocycles. The van der Waals surface area contributed by atoms with Gasteiger partial charge >= 0.3 is 6.09 Å². The zero-order chi connectivity index (χ0) is 13.0. The lowest BCUT2D eigenvalue weighted by atomic mass is 9.98. The van der Waals surface area contributed by atoms with Crippen molar-refractivity contribution in [1.29, 1.82) is 0 Å². The Kier molecular flexibility index (Phi) is 3.74. The van der Waals surface area contributed by atoms with Crippen LogP contribution in [0.3, 0.4) is 0 Å². The highest BCUT2D eigenvalue weighted by molar-refractivity contribution is 6.17. The van der Waals surface area contributed by atoms with E-state index in [4.69, 9.17) is 21.5 Å². The van der Waals surface area contributed by atoms with Crippen LogP contribution < -0.4 is 10.8 Å². The number of amides is 1. The number of aryl methyl sites for hydroxylation is 1. The Hall–Kier alpha value is -1.72. The number of rotatable bonds is 4. The minimum Gasteiger partial charge on any atom is -0.465 e. The fourth-order valence-electron chi connectivity index (χ4n) is 1.80. The molecule has 0 aromatic heterocycles. The van der Waals surface area contributed by atoms with Crippen molar-refractivity contribution in [3.63, 3.8) is 0 Å². The Balaban J connectivity index is 2.26. The molecule has 1 aliphatic rings. The number of hydrogen-bond donors (Lipinski definition) is 3. The molecule has 0 spiro atoms. The summed E-state index contributed by atoms with van der Waals surface area (Å²) in [5.41, 5.74) is 3.45. The molecule has 0 saturated heterocycles. The molecule has 1 unspecified atom stereocenters. The lowest BCUT2D eigenvalue weighted by Crippen LogP contribution is -2.51. The van der Waals surface area contributed by atoms with E-state index in [0.717, 1.165) is 17.5 Å². The zero-order valence-electron chi connectivity index (χ0n) is 9.52. The molecular formula is C12H13ClN2O3. The Labute approximate surface area is 109 Å². The number of hydrogen-bond acceptors (Lipinski definition) is 3. The summed E-state index contributed by atoms with van der Waals surface area (Å²) >= 11 is 5.67. The van der Waals surface area contributed by atoms with E-state index in [1.807, 2.05) is 24.3 Å². The molecule has 96 valence electrons. The van der Waals surface area contributed by atoms with Crippen molar-refractivity contribution in [2.45, 2.75) is 12.1 Å². The van der Waals surface area contributed by atoms with Gasteiger partial charge in [0.1, 0.15) is 6.26 Å². The number of carboxylic acid groups (broad SMARTS) is 1. The lowest BCUT2D eigenvalue weighted by molar-refractivity contribution is 0.0776. The second kappa shape index (κ2) is 5.29. The van der Waals surface area contributed by atoms with E-state index >= 15 is 0 Å². The molecule has 5 nitrogen and oxygen atoms in total. The summed E-state index contributed by atoms with van der Waals surface area (Å²) in [6.45, 7) is 0. The Bertz CT molecular complexity index is 461. The summed E-state index contributed by atoms with van der Waals surface area (Å²) in [5, 5.41) is 11.3. The number of nitrogens with one attached hydrogen (secondary N) is 2. The van der Waals surface area contributed by atoms with Gasteiger partial charge in [-0.25, -0.2) is 4.79 Å². The molecular weight excluding hydrogens is 256 g/mol. The molecule has 1 aromatic rings. The summed E-state index contributed by atoms with van der Waals surface area (Å²) < 4.78 is 0. The topological polar surface area (TPSA) is 70.6 Å². The second-order valence-corrected chi connectivity index (χ2v) is 4.27. The van der Waals surface area contributed by atoms with Crippen molar-refractivity contribution in [3.05, 3.63) is 47.7 Å². The molecule has 1 aliphatic heterocycles. The van der Waals surface area contributed by atoms with Gasteiger partial charge in [0.05, 0.1) is 0 Å². The minimum absolute atomic E-state index is 0.555. The number of hydroxylamine groups is 1. The molecule has 0 radical (unpaired) electrons. The van der Waals surface area contributed by atoms with Gasteiger partial charge in [-0.2, -0.15) is 0 Å². The first-order valence-corrected chi connectivity index (χ1v) is 5.97. The molecule has 2 rings (SSSR count). The fraction of sp³-hybridized carbons (Fsp3) is 0.250. The maximum atomic E-state index is 10.8. The van der Waals surface area contributed by atoms with Crippen LogP contribution in [0.5, 0.6) is 0 Å². The average Bonchev–Trinajstić information content (AvgIpc) is 2.79. The maximum Gasteiger partial charge on any atom is 0.406 e. The highest BCUT2D eigenvalue weighted by Crippen LogP contribution is 2.24. The van der Waals surface area contributed by atoms with E-state index in [-0.39, 0.29) is 0 Å². The number of benzene rings is 1. The molecule has 3 N–H and O–H groups in total. The van der Waals surface area contributed by atoms with E-state index in [1.165, 1.54) is 6.26 Å². The zero-order valence-corrected chi connectivity index (χ0v) is 10.3. The summed E-state index contributed by atoms with van der Waals surface area (Å²) in [6, 6.07) is 7.50. The summed E-state index contributed by atoms with van der Waals surface area (Å²) in [4.78, 5) is 15.8. The van der Waals surface area contributed by atoms with Crippen molar-refractivity contribution < 1.29 is 14.7 Å². The first-order valence-electron chi connectivity index (χ1n) is 5.43. The van der Waals surface area contributed by atoms with Gasteiger partial charge in [0.25, 0.3) is 0 Å². The molecule has 1 atom stereocenters. The standard InChI is InChI=1S/C12H13ClN2O3/c13-7-5-9-1-3-10(4-2-9)12(14-11(16)17)6-8-18-15-12/h1-4,6,8,14-15H,5,7H2,(H,16,17). The van der Waals surface area contributed by atoms with Gasteiger partial charge < -0.3 is 9.94 Å². The summed E-state index contributed by atoms with van der Waals surface area (Å²) in [5.74, 6) is 0.555. The molecule has 6 heteroatoms. The van der Waals surface area contributed by atoms with Crippen LogP contribution in [0.4, 0.5) is 4.79 Å². The normalized spacial score (nSPS) is 21.6. The van der Waals surface area contributed by atoms with Crippen molar-refractivity contribution in [2.75, 3.05) is 5.88 Å². The van der Waals surface area contributed by atoms with Crippen molar-refractivity contribution in [2.24, 2.45) is 0 Å². The SMILES string of the molecule is O=C(O)NC1(c2ccc(CCCl)cc2)C=CON1. The molecule has 1 heterocycles. The quantitative estimate of drug-likeness (QED) is 0.730. The molecule has 18 heavy (non-hydrogen) atoms. The Morgan fingerprint density at radius 3 is 2.67 bits per heavy atom. The molecule has 0 fully saturated rings. The highest BCUT2D eigenvalue weighted by atomic mass is 35.5. The third-order valence-corrected chi connectivity index (χ3v) is 2.89. The van der Waals surface area contributed by atoms with Crippen LogP contribution in [0.2, 0.25) is 0 Å². The maximum absolute atomic E-state index is 10.8. The van der Waals surface area contributed by atoms with Crippen molar-refractivity contribution >= 4 is 17.7 Å². The van der Waals surface area contributed by atoms with Crippen LogP contribution in [0, 0.1) is 0 Å². The van der Waals surface area contributed by atoms with E-state index in [1.54, 1.807) is 6.08 Å². The number of halogens is 1. The second-order valence-electron chi connectivity index (χ2n) is 3.90. The van der Waals surface area contributed by atoms with Crippen LogP contribution in [0.25, 0.3) is 0 Å². The number of alkyl halides is 1. The smallest absolute Gasteiger partial charge is 0.406 e. The molecule has 0 aliphatic carbocycles.